The van der Waals surface area contributed by atoms with Crippen molar-refractivity contribution in [2.45, 2.75) is 18.9 Å². The average molecular weight is 308 g/mol. The molecule has 1 aliphatic rings. The van der Waals surface area contributed by atoms with Crippen LogP contribution in [0.5, 0.6) is 0 Å². The highest BCUT2D eigenvalue weighted by Crippen LogP contribution is 2.19. The standard InChI is InChI=1S/C14H16N2O4S/c1-16(11-4-5-21(18,19)8-11)14(17)7-10-2-3-12-13(6-10)20-9-15-12/h2-3,6,9,11H,4-5,7-8H2,1H3. The van der Waals surface area contributed by atoms with E-state index in [1.165, 1.54) is 6.39 Å². The number of carbonyl (C=O) groups excluding carboxylic acids is 1. The molecule has 0 radical (unpaired) electrons. The molecule has 2 aromatic rings. The first-order valence-electron chi connectivity index (χ1n) is 6.73. The minimum Gasteiger partial charge on any atom is -0.443 e. The number of aromatic nitrogens is 1. The summed E-state index contributed by atoms with van der Waals surface area (Å²) in [7, 11) is -1.32. The molecule has 1 unspecified atom stereocenters. The summed E-state index contributed by atoms with van der Waals surface area (Å²) in [5.41, 5.74) is 2.23. The molecule has 21 heavy (non-hydrogen) atoms. The maximum atomic E-state index is 12.3. The summed E-state index contributed by atoms with van der Waals surface area (Å²) in [5.74, 6) is 0.145. The number of benzene rings is 1. The Morgan fingerprint density at radius 3 is 3.00 bits per heavy atom. The average Bonchev–Trinajstić information content (AvgIpc) is 3.03. The van der Waals surface area contributed by atoms with Crippen molar-refractivity contribution < 1.29 is 17.6 Å². The maximum Gasteiger partial charge on any atom is 0.227 e. The van der Waals surface area contributed by atoms with Crippen molar-refractivity contribution in [2.75, 3.05) is 18.6 Å². The van der Waals surface area contributed by atoms with E-state index >= 15 is 0 Å². The molecule has 3 rings (SSSR count). The van der Waals surface area contributed by atoms with Crippen molar-refractivity contribution >= 4 is 26.8 Å². The van der Waals surface area contributed by atoms with Crippen molar-refractivity contribution in [2.24, 2.45) is 0 Å². The van der Waals surface area contributed by atoms with Gasteiger partial charge in [-0.1, -0.05) is 6.07 Å². The van der Waals surface area contributed by atoms with Crippen LogP contribution in [-0.2, 0) is 21.1 Å². The Morgan fingerprint density at radius 2 is 2.29 bits per heavy atom. The van der Waals surface area contributed by atoms with Crippen molar-refractivity contribution in [3.05, 3.63) is 30.2 Å². The van der Waals surface area contributed by atoms with Crippen molar-refractivity contribution in [1.82, 2.24) is 9.88 Å². The van der Waals surface area contributed by atoms with E-state index in [-0.39, 0.29) is 29.9 Å². The van der Waals surface area contributed by atoms with E-state index in [2.05, 4.69) is 4.98 Å². The molecule has 0 bridgehead atoms. The minimum atomic E-state index is -2.99. The first-order chi connectivity index (χ1) is 9.94. The van der Waals surface area contributed by atoms with Gasteiger partial charge in [-0.2, -0.15) is 0 Å². The maximum absolute atomic E-state index is 12.3. The molecule has 112 valence electrons. The predicted molar refractivity (Wildman–Crippen MR) is 77.5 cm³/mol. The molecule has 1 fully saturated rings. The summed E-state index contributed by atoms with van der Waals surface area (Å²) in [6, 6.07) is 5.22. The highest BCUT2D eigenvalue weighted by molar-refractivity contribution is 7.91. The Morgan fingerprint density at radius 1 is 1.48 bits per heavy atom. The van der Waals surface area contributed by atoms with Crippen LogP contribution in [0.4, 0.5) is 0 Å². The zero-order valence-corrected chi connectivity index (χ0v) is 12.5. The van der Waals surface area contributed by atoms with Crippen LogP contribution in [0.2, 0.25) is 0 Å². The fourth-order valence-electron chi connectivity index (χ4n) is 2.59. The van der Waals surface area contributed by atoms with Crippen LogP contribution in [0.25, 0.3) is 11.1 Å². The first kappa shape index (κ1) is 14.1. The van der Waals surface area contributed by atoms with E-state index in [1.54, 1.807) is 18.0 Å². The summed E-state index contributed by atoms with van der Waals surface area (Å²) in [6.45, 7) is 0. The topological polar surface area (TPSA) is 80.5 Å². The Labute approximate surface area is 122 Å². The third-order valence-corrected chi connectivity index (χ3v) is 5.65. The van der Waals surface area contributed by atoms with Gasteiger partial charge in [0.2, 0.25) is 5.91 Å². The molecule has 0 spiro atoms. The summed E-state index contributed by atoms with van der Waals surface area (Å²) >= 11 is 0. The van der Waals surface area contributed by atoms with E-state index in [4.69, 9.17) is 4.42 Å². The van der Waals surface area contributed by atoms with Gasteiger partial charge < -0.3 is 9.32 Å². The summed E-state index contributed by atoms with van der Waals surface area (Å²) in [5, 5.41) is 0. The van der Waals surface area contributed by atoms with Crippen LogP contribution in [0.3, 0.4) is 0 Å². The predicted octanol–water partition coefficient (Wildman–Crippen LogP) is 1.02. The van der Waals surface area contributed by atoms with E-state index in [0.717, 1.165) is 11.1 Å². The molecule has 0 aliphatic carbocycles. The normalized spacial score (nSPS) is 20.7. The van der Waals surface area contributed by atoms with Gasteiger partial charge in [-0.15, -0.1) is 0 Å². The van der Waals surface area contributed by atoms with Gasteiger partial charge in [0.1, 0.15) is 5.52 Å². The Hall–Kier alpha value is -1.89. The van der Waals surface area contributed by atoms with E-state index in [9.17, 15) is 13.2 Å². The molecular weight excluding hydrogens is 292 g/mol. The number of oxazole rings is 1. The lowest BCUT2D eigenvalue weighted by atomic mass is 10.1. The smallest absolute Gasteiger partial charge is 0.227 e. The van der Waals surface area contributed by atoms with Crippen molar-refractivity contribution in [3.63, 3.8) is 0 Å². The molecule has 1 atom stereocenters. The number of hydrogen-bond donors (Lipinski definition) is 0. The van der Waals surface area contributed by atoms with Gasteiger partial charge in [-0.25, -0.2) is 13.4 Å². The Bertz CT molecular complexity index is 781. The van der Waals surface area contributed by atoms with Gasteiger partial charge in [0, 0.05) is 13.1 Å². The minimum absolute atomic E-state index is 0.0659. The fraction of sp³-hybridized carbons (Fsp3) is 0.429. The van der Waals surface area contributed by atoms with E-state index < -0.39 is 9.84 Å². The zero-order valence-electron chi connectivity index (χ0n) is 11.7. The van der Waals surface area contributed by atoms with Crippen LogP contribution >= 0.6 is 0 Å². The monoisotopic (exact) mass is 308 g/mol. The third-order valence-electron chi connectivity index (χ3n) is 3.90. The van der Waals surface area contributed by atoms with Gasteiger partial charge in [0.25, 0.3) is 0 Å². The summed E-state index contributed by atoms with van der Waals surface area (Å²) in [6.07, 6.45) is 2.11. The molecular formula is C14H16N2O4S. The Kier molecular flexibility index (Phi) is 3.44. The summed E-state index contributed by atoms with van der Waals surface area (Å²) < 4.78 is 28.2. The van der Waals surface area contributed by atoms with Gasteiger partial charge >= 0.3 is 0 Å². The van der Waals surface area contributed by atoms with E-state index in [0.29, 0.717) is 12.0 Å². The molecule has 1 amide bonds. The van der Waals surface area contributed by atoms with Crippen LogP contribution in [0.15, 0.2) is 29.0 Å². The zero-order chi connectivity index (χ0) is 15.0. The van der Waals surface area contributed by atoms with Crippen molar-refractivity contribution in [3.8, 4) is 0 Å². The van der Waals surface area contributed by atoms with Crippen LogP contribution < -0.4 is 0 Å². The van der Waals surface area contributed by atoms with Gasteiger partial charge in [-0.05, 0) is 24.1 Å². The quantitative estimate of drug-likeness (QED) is 0.845. The molecule has 1 saturated heterocycles. The second-order valence-electron chi connectivity index (χ2n) is 5.39. The molecule has 0 saturated carbocycles. The summed E-state index contributed by atoms with van der Waals surface area (Å²) in [4.78, 5) is 17.8. The number of amides is 1. The van der Waals surface area contributed by atoms with Gasteiger partial charge in [-0.3, -0.25) is 4.79 Å². The van der Waals surface area contributed by atoms with Gasteiger partial charge in [0.05, 0.1) is 17.9 Å². The number of likely N-dealkylation sites (N-methyl/N-ethyl adjacent to an activating group) is 1. The Balaban J connectivity index is 1.70. The van der Waals surface area contributed by atoms with Crippen LogP contribution in [0, 0.1) is 0 Å². The first-order valence-corrected chi connectivity index (χ1v) is 8.55. The molecule has 0 N–H and O–H groups in total. The molecule has 2 heterocycles. The number of carbonyl (C=O) groups is 1. The lowest BCUT2D eigenvalue weighted by Gasteiger charge is -2.23. The molecule has 1 aliphatic heterocycles. The van der Waals surface area contributed by atoms with Crippen LogP contribution in [-0.4, -0.2) is 48.8 Å². The molecule has 1 aromatic heterocycles. The number of hydrogen-bond acceptors (Lipinski definition) is 5. The molecule has 6 nitrogen and oxygen atoms in total. The highest BCUT2D eigenvalue weighted by Gasteiger charge is 2.32. The number of sulfone groups is 1. The van der Waals surface area contributed by atoms with Crippen LogP contribution in [0.1, 0.15) is 12.0 Å². The largest absolute Gasteiger partial charge is 0.443 e. The molecule has 7 heteroatoms. The second-order valence-corrected chi connectivity index (χ2v) is 7.62. The van der Waals surface area contributed by atoms with Crippen molar-refractivity contribution in [1.29, 1.82) is 0 Å². The van der Waals surface area contributed by atoms with E-state index in [1.807, 2.05) is 12.1 Å². The van der Waals surface area contributed by atoms with Gasteiger partial charge in [0.15, 0.2) is 21.8 Å². The lowest BCUT2D eigenvalue weighted by Crippen LogP contribution is -2.38. The third kappa shape index (κ3) is 2.92. The SMILES string of the molecule is CN(C(=O)Cc1ccc2ncoc2c1)C1CCS(=O)(=O)C1. The highest BCUT2D eigenvalue weighted by atomic mass is 32.2. The second kappa shape index (κ2) is 5.14. The molecule has 1 aromatic carbocycles. The lowest BCUT2D eigenvalue weighted by molar-refractivity contribution is -0.130. The fourth-order valence-corrected chi connectivity index (χ4v) is 4.37. The number of fused-ring (bicyclic) bond motifs is 1. The number of nitrogens with zero attached hydrogens (tertiary/aromatic N) is 2. The number of rotatable bonds is 3.